The highest BCUT2D eigenvalue weighted by Crippen LogP contribution is 2.40. The molecule has 19 heavy (non-hydrogen) atoms. The summed E-state index contributed by atoms with van der Waals surface area (Å²) in [4.78, 5) is 13.3. The molecule has 3 aliphatic rings. The molecule has 1 saturated carbocycles. The molecule has 0 amide bonds. The van der Waals surface area contributed by atoms with Crippen LogP contribution in [0.25, 0.3) is 0 Å². The minimum absolute atomic E-state index is 0.0495. The number of carbonyl (C=O) groups is 1. The Balaban J connectivity index is 1.64. The molecule has 1 aliphatic carbocycles. The molecule has 4 nitrogen and oxygen atoms in total. The van der Waals surface area contributed by atoms with Crippen molar-refractivity contribution in [3.05, 3.63) is 0 Å². The highest BCUT2D eigenvalue weighted by molar-refractivity contribution is 7.99. The fourth-order valence-electron chi connectivity index (χ4n) is 3.33. The van der Waals surface area contributed by atoms with Gasteiger partial charge in [0.05, 0.1) is 12.1 Å². The van der Waals surface area contributed by atoms with Gasteiger partial charge in [-0.3, -0.25) is 9.69 Å². The first-order valence-electron chi connectivity index (χ1n) is 7.34. The van der Waals surface area contributed by atoms with Crippen LogP contribution in [0.5, 0.6) is 0 Å². The second kappa shape index (κ2) is 5.62. The average molecular weight is 285 g/mol. The number of rotatable bonds is 5. The molecule has 0 bridgehead atoms. The van der Waals surface area contributed by atoms with E-state index < -0.39 is 5.97 Å². The zero-order chi connectivity index (χ0) is 13.3. The molecule has 2 unspecified atom stereocenters. The Bertz CT molecular complexity index is 340. The molecule has 0 radical (unpaired) electrons. The number of ether oxygens (including phenoxy) is 1. The van der Waals surface area contributed by atoms with Crippen LogP contribution in [0.15, 0.2) is 0 Å². The Morgan fingerprint density at radius 2 is 2.26 bits per heavy atom. The van der Waals surface area contributed by atoms with Gasteiger partial charge in [-0.15, -0.1) is 0 Å². The molecule has 2 aliphatic heterocycles. The average Bonchev–Trinajstić information content (AvgIpc) is 3.09. The predicted octanol–water partition coefficient (Wildman–Crippen LogP) is 1.84. The van der Waals surface area contributed by atoms with Crippen molar-refractivity contribution >= 4 is 17.7 Å². The minimum Gasteiger partial charge on any atom is -0.480 e. The van der Waals surface area contributed by atoms with E-state index in [-0.39, 0.29) is 12.1 Å². The topological polar surface area (TPSA) is 49.8 Å². The van der Waals surface area contributed by atoms with Crippen LogP contribution in [0.2, 0.25) is 0 Å². The maximum absolute atomic E-state index is 11.1. The Kier molecular flexibility index (Phi) is 4.06. The van der Waals surface area contributed by atoms with Crippen molar-refractivity contribution < 1.29 is 14.6 Å². The summed E-state index contributed by atoms with van der Waals surface area (Å²) in [7, 11) is 0. The van der Waals surface area contributed by atoms with Gasteiger partial charge in [-0.1, -0.05) is 0 Å². The lowest BCUT2D eigenvalue weighted by Crippen LogP contribution is -2.50. The summed E-state index contributed by atoms with van der Waals surface area (Å²) in [5.41, 5.74) is 0.0495. The SMILES string of the molecule is O=C(O)CN(CC1CC1)C1CCOC2(CCSC2)C1. The van der Waals surface area contributed by atoms with E-state index >= 15 is 0 Å². The Morgan fingerprint density at radius 1 is 1.42 bits per heavy atom. The second-order valence-electron chi connectivity index (χ2n) is 6.25. The molecule has 3 rings (SSSR count). The first-order valence-corrected chi connectivity index (χ1v) is 8.50. The number of hydrogen-bond donors (Lipinski definition) is 1. The van der Waals surface area contributed by atoms with Gasteiger partial charge in [-0.2, -0.15) is 11.8 Å². The van der Waals surface area contributed by atoms with Crippen molar-refractivity contribution in [2.24, 2.45) is 5.92 Å². The lowest BCUT2D eigenvalue weighted by Gasteiger charge is -2.42. The Hall–Kier alpha value is -0.260. The summed E-state index contributed by atoms with van der Waals surface area (Å²) in [6, 6.07) is 0.407. The van der Waals surface area contributed by atoms with Crippen molar-refractivity contribution in [2.75, 3.05) is 31.2 Å². The van der Waals surface area contributed by atoms with Crippen molar-refractivity contribution in [2.45, 2.75) is 43.7 Å². The summed E-state index contributed by atoms with van der Waals surface area (Å²) >= 11 is 1.97. The summed E-state index contributed by atoms with van der Waals surface area (Å²) in [6.07, 6.45) is 5.71. The van der Waals surface area contributed by atoms with Gasteiger partial charge < -0.3 is 9.84 Å². The minimum atomic E-state index is -0.693. The van der Waals surface area contributed by atoms with Crippen LogP contribution in [-0.4, -0.2) is 58.8 Å². The molecule has 108 valence electrons. The zero-order valence-corrected chi connectivity index (χ0v) is 12.2. The smallest absolute Gasteiger partial charge is 0.317 e. The van der Waals surface area contributed by atoms with Crippen LogP contribution in [0, 0.1) is 5.92 Å². The molecule has 1 spiro atoms. The van der Waals surface area contributed by atoms with Gasteiger partial charge in [0.2, 0.25) is 0 Å². The molecule has 0 aromatic heterocycles. The lowest BCUT2D eigenvalue weighted by atomic mass is 9.89. The molecule has 3 fully saturated rings. The standard InChI is InChI=1S/C14H23NO3S/c16-13(17)9-15(8-11-1-2-11)12-3-5-18-14(7-12)4-6-19-10-14/h11-12H,1-10H2,(H,16,17). The van der Waals surface area contributed by atoms with Gasteiger partial charge in [0, 0.05) is 24.9 Å². The summed E-state index contributed by atoms with van der Waals surface area (Å²) < 4.78 is 6.04. The molecule has 2 saturated heterocycles. The number of carboxylic acid groups (broad SMARTS) is 1. The number of thioether (sulfide) groups is 1. The fourth-order valence-corrected chi connectivity index (χ4v) is 4.70. The Labute approximate surface area is 118 Å². The van der Waals surface area contributed by atoms with Crippen LogP contribution in [-0.2, 0) is 9.53 Å². The molecular formula is C14H23NO3S. The van der Waals surface area contributed by atoms with Gasteiger partial charge in [-0.05, 0) is 43.8 Å². The molecule has 2 atom stereocenters. The third kappa shape index (κ3) is 3.44. The highest BCUT2D eigenvalue weighted by Gasteiger charge is 2.42. The van der Waals surface area contributed by atoms with E-state index in [1.807, 2.05) is 11.8 Å². The van der Waals surface area contributed by atoms with E-state index in [1.165, 1.54) is 18.6 Å². The van der Waals surface area contributed by atoms with Crippen LogP contribution < -0.4 is 0 Å². The summed E-state index contributed by atoms with van der Waals surface area (Å²) in [5.74, 6) is 2.33. The van der Waals surface area contributed by atoms with Crippen LogP contribution >= 0.6 is 11.8 Å². The molecule has 0 aromatic rings. The van der Waals surface area contributed by atoms with Gasteiger partial charge in [-0.25, -0.2) is 0 Å². The first-order chi connectivity index (χ1) is 9.17. The van der Waals surface area contributed by atoms with Crippen molar-refractivity contribution in [1.82, 2.24) is 4.90 Å². The first kappa shape index (κ1) is 13.7. The van der Waals surface area contributed by atoms with Crippen LogP contribution in [0.4, 0.5) is 0 Å². The lowest BCUT2D eigenvalue weighted by molar-refractivity contribution is -0.141. The molecule has 1 N–H and O–H groups in total. The summed E-state index contributed by atoms with van der Waals surface area (Å²) in [6.45, 7) is 1.97. The van der Waals surface area contributed by atoms with Crippen LogP contribution in [0.3, 0.4) is 0 Å². The Morgan fingerprint density at radius 3 is 2.89 bits per heavy atom. The quantitative estimate of drug-likeness (QED) is 0.835. The van der Waals surface area contributed by atoms with E-state index in [0.29, 0.717) is 6.04 Å². The number of hydrogen-bond acceptors (Lipinski definition) is 4. The fraction of sp³-hybridized carbons (Fsp3) is 0.929. The third-order valence-corrected chi connectivity index (χ3v) is 5.80. The molecule has 5 heteroatoms. The molecule has 2 heterocycles. The van der Waals surface area contributed by atoms with E-state index in [4.69, 9.17) is 9.84 Å². The maximum atomic E-state index is 11.1. The van der Waals surface area contributed by atoms with Gasteiger partial charge in [0.25, 0.3) is 0 Å². The van der Waals surface area contributed by atoms with Crippen molar-refractivity contribution in [3.8, 4) is 0 Å². The van der Waals surface area contributed by atoms with Crippen LogP contribution in [0.1, 0.15) is 32.1 Å². The number of aliphatic carboxylic acids is 1. The van der Waals surface area contributed by atoms with E-state index in [1.54, 1.807) is 0 Å². The second-order valence-corrected chi connectivity index (χ2v) is 7.35. The monoisotopic (exact) mass is 285 g/mol. The number of nitrogens with zero attached hydrogens (tertiary/aromatic N) is 1. The van der Waals surface area contributed by atoms with E-state index in [2.05, 4.69) is 4.90 Å². The third-order valence-electron chi connectivity index (χ3n) is 4.58. The number of carboxylic acids is 1. The van der Waals surface area contributed by atoms with E-state index in [0.717, 1.165) is 44.1 Å². The van der Waals surface area contributed by atoms with Gasteiger partial charge in [0.15, 0.2) is 0 Å². The normalized spacial score (nSPS) is 35.1. The van der Waals surface area contributed by atoms with Gasteiger partial charge in [0.1, 0.15) is 0 Å². The van der Waals surface area contributed by atoms with Crippen molar-refractivity contribution in [1.29, 1.82) is 0 Å². The van der Waals surface area contributed by atoms with E-state index in [9.17, 15) is 4.79 Å². The van der Waals surface area contributed by atoms with Gasteiger partial charge >= 0.3 is 5.97 Å². The molecular weight excluding hydrogens is 262 g/mol. The largest absolute Gasteiger partial charge is 0.480 e. The predicted molar refractivity (Wildman–Crippen MR) is 75.6 cm³/mol. The highest BCUT2D eigenvalue weighted by atomic mass is 32.2. The molecule has 0 aromatic carbocycles. The maximum Gasteiger partial charge on any atom is 0.317 e. The summed E-state index contributed by atoms with van der Waals surface area (Å²) in [5, 5.41) is 9.13. The van der Waals surface area contributed by atoms with Crippen molar-refractivity contribution in [3.63, 3.8) is 0 Å². The zero-order valence-electron chi connectivity index (χ0n) is 11.3.